The summed E-state index contributed by atoms with van der Waals surface area (Å²) in [6, 6.07) is 0. The van der Waals surface area contributed by atoms with Gasteiger partial charge in [-0.3, -0.25) is 0 Å². The van der Waals surface area contributed by atoms with Crippen LogP contribution in [0.3, 0.4) is 0 Å². The van der Waals surface area contributed by atoms with Crippen LogP contribution in [0.2, 0.25) is 0 Å². The number of hydrogen-bond donors (Lipinski definition) is 0. The van der Waals surface area contributed by atoms with Crippen LogP contribution in [0, 0.1) is 16.2 Å². The molecule has 0 saturated heterocycles. The molecule has 0 aromatic heterocycles. The average Bonchev–Trinajstić information content (AvgIpc) is 2.30. The van der Waals surface area contributed by atoms with Crippen molar-refractivity contribution in [3.8, 4) is 0 Å². The molecule has 0 aromatic rings. The van der Waals surface area contributed by atoms with Gasteiger partial charge in [0.05, 0.1) is 0 Å². The lowest BCUT2D eigenvalue weighted by Gasteiger charge is -2.66. The maximum atomic E-state index is 2.42. The highest BCUT2D eigenvalue weighted by atomic mass is 14.7. The van der Waals surface area contributed by atoms with Crippen LogP contribution in [-0.2, 0) is 0 Å². The van der Waals surface area contributed by atoms with Gasteiger partial charge >= 0.3 is 0 Å². The molecule has 0 heterocycles. The molecule has 72 valence electrons. The van der Waals surface area contributed by atoms with Crippen LogP contribution in [-0.4, -0.2) is 0 Å². The summed E-state index contributed by atoms with van der Waals surface area (Å²) in [5.41, 5.74) is 2.79. The highest BCUT2D eigenvalue weighted by Gasteiger charge is 2.64. The van der Waals surface area contributed by atoms with E-state index in [4.69, 9.17) is 0 Å². The molecule has 1 fully saturated rings. The molecule has 0 bridgehead atoms. The maximum Gasteiger partial charge on any atom is 0.0197 e. The van der Waals surface area contributed by atoms with Crippen LogP contribution in [0.15, 0.2) is 23.8 Å². The van der Waals surface area contributed by atoms with Crippen molar-refractivity contribution in [1.82, 2.24) is 0 Å². The Hall–Kier alpha value is -0.520. The van der Waals surface area contributed by atoms with Crippen molar-refractivity contribution in [1.29, 1.82) is 0 Å². The Kier molecular flexibility index (Phi) is 1.46. The lowest BCUT2D eigenvalue weighted by molar-refractivity contribution is -0.117. The summed E-state index contributed by atoms with van der Waals surface area (Å²) in [6.45, 7) is 11.9. The molecule has 13 heavy (non-hydrogen) atoms. The highest BCUT2D eigenvalue weighted by molar-refractivity contribution is 5.42. The van der Waals surface area contributed by atoms with Gasteiger partial charge in [0.25, 0.3) is 0 Å². The Bertz CT molecular complexity index is 286. The fourth-order valence-corrected chi connectivity index (χ4v) is 4.31. The van der Waals surface area contributed by atoms with Crippen molar-refractivity contribution < 1.29 is 0 Å². The van der Waals surface area contributed by atoms with Gasteiger partial charge in [0.1, 0.15) is 0 Å². The van der Waals surface area contributed by atoms with E-state index in [1.807, 2.05) is 0 Å². The van der Waals surface area contributed by atoms with Gasteiger partial charge < -0.3 is 0 Å². The first kappa shape index (κ1) is 9.05. The van der Waals surface area contributed by atoms with E-state index in [9.17, 15) is 0 Å². The van der Waals surface area contributed by atoms with Crippen molar-refractivity contribution in [3.05, 3.63) is 23.8 Å². The first-order valence-corrected chi connectivity index (χ1v) is 5.20. The smallest absolute Gasteiger partial charge is 0.0197 e. The molecule has 0 N–H and O–H groups in total. The van der Waals surface area contributed by atoms with Crippen molar-refractivity contribution in [3.63, 3.8) is 0 Å². The molecule has 2 aliphatic carbocycles. The molecule has 0 nitrogen and oxygen atoms in total. The quantitative estimate of drug-likeness (QED) is 0.524. The fourth-order valence-electron chi connectivity index (χ4n) is 4.31. The molecule has 1 spiro atoms. The van der Waals surface area contributed by atoms with Crippen LogP contribution in [0.25, 0.3) is 0 Å². The fraction of sp³-hybridized carbons (Fsp3) is 0.692. The van der Waals surface area contributed by atoms with E-state index in [1.54, 1.807) is 5.57 Å². The van der Waals surface area contributed by atoms with Gasteiger partial charge in [-0.1, -0.05) is 51.5 Å². The Morgan fingerprint density at radius 3 is 1.85 bits per heavy atom. The minimum absolute atomic E-state index is 0.347. The predicted molar refractivity (Wildman–Crippen MR) is 57.5 cm³/mol. The summed E-state index contributed by atoms with van der Waals surface area (Å²) in [5.74, 6) is 0. The third kappa shape index (κ3) is 0.775. The second-order valence-corrected chi connectivity index (χ2v) is 5.96. The van der Waals surface area contributed by atoms with Crippen molar-refractivity contribution in [2.45, 2.75) is 41.0 Å². The van der Waals surface area contributed by atoms with Crippen LogP contribution >= 0.6 is 0 Å². The summed E-state index contributed by atoms with van der Waals surface area (Å²) in [7, 11) is 0. The minimum atomic E-state index is 0.347. The third-order valence-electron chi connectivity index (χ3n) is 4.33. The Morgan fingerprint density at radius 1 is 1.08 bits per heavy atom. The Labute approximate surface area is 81.7 Å². The second kappa shape index (κ2) is 2.10. The van der Waals surface area contributed by atoms with E-state index < -0.39 is 0 Å². The van der Waals surface area contributed by atoms with Crippen molar-refractivity contribution >= 4 is 0 Å². The largest absolute Gasteiger partial charge is 0.0732 e. The third-order valence-corrected chi connectivity index (χ3v) is 4.33. The van der Waals surface area contributed by atoms with Crippen LogP contribution in [0.4, 0.5) is 0 Å². The Morgan fingerprint density at radius 2 is 1.62 bits per heavy atom. The van der Waals surface area contributed by atoms with Gasteiger partial charge in [-0.15, -0.1) is 0 Å². The van der Waals surface area contributed by atoms with Crippen LogP contribution in [0.1, 0.15) is 41.0 Å². The first-order valence-electron chi connectivity index (χ1n) is 5.20. The van der Waals surface area contributed by atoms with E-state index in [0.29, 0.717) is 16.2 Å². The monoisotopic (exact) mass is 176 g/mol. The highest BCUT2D eigenvalue weighted by Crippen LogP contribution is 2.72. The van der Waals surface area contributed by atoms with Crippen LogP contribution in [0.5, 0.6) is 0 Å². The standard InChI is InChI=1S/C13H20/c1-10-7-6-8-13(10)11(2,3)9-12(13,4)5/h6-8H,9H2,1-5H3. The summed E-state index contributed by atoms with van der Waals surface area (Å²) in [5, 5.41) is 0. The maximum absolute atomic E-state index is 2.42. The lowest BCUT2D eigenvalue weighted by Crippen LogP contribution is -2.59. The zero-order valence-electron chi connectivity index (χ0n) is 9.44. The molecule has 0 amide bonds. The van der Waals surface area contributed by atoms with Gasteiger partial charge in [0, 0.05) is 5.41 Å². The van der Waals surface area contributed by atoms with E-state index in [1.165, 1.54) is 6.42 Å². The van der Waals surface area contributed by atoms with E-state index >= 15 is 0 Å². The summed E-state index contributed by atoms with van der Waals surface area (Å²) in [6.07, 6.45) is 8.27. The van der Waals surface area contributed by atoms with Crippen LogP contribution < -0.4 is 0 Å². The molecule has 0 heteroatoms. The van der Waals surface area contributed by atoms with E-state index in [-0.39, 0.29) is 0 Å². The Balaban J connectivity index is 2.51. The average molecular weight is 176 g/mol. The van der Waals surface area contributed by atoms with Gasteiger partial charge in [-0.25, -0.2) is 0 Å². The number of rotatable bonds is 0. The summed E-state index contributed by atoms with van der Waals surface area (Å²) in [4.78, 5) is 0. The molecular weight excluding hydrogens is 156 g/mol. The van der Waals surface area contributed by atoms with Gasteiger partial charge in [-0.05, 0) is 24.2 Å². The molecule has 0 radical (unpaired) electrons. The van der Waals surface area contributed by atoms with Gasteiger partial charge in [0.15, 0.2) is 0 Å². The molecule has 0 unspecified atom stereocenters. The summed E-state index contributed by atoms with van der Waals surface area (Å²) >= 11 is 0. The number of allylic oxidation sites excluding steroid dienone is 4. The molecule has 2 aliphatic rings. The second-order valence-electron chi connectivity index (χ2n) is 5.96. The molecule has 0 atom stereocenters. The zero-order valence-corrected chi connectivity index (χ0v) is 9.44. The van der Waals surface area contributed by atoms with Gasteiger partial charge in [0.2, 0.25) is 0 Å². The van der Waals surface area contributed by atoms with Crippen molar-refractivity contribution in [2.24, 2.45) is 16.2 Å². The topological polar surface area (TPSA) is 0 Å². The van der Waals surface area contributed by atoms with E-state index in [0.717, 1.165) is 0 Å². The molecule has 2 rings (SSSR count). The SMILES string of the molecule is CC1=CC=CC12C(C)(C)CC2(C)C. The van der Waals surface area contributed by atoms with Crippen molar-refractivity contribution in [2.75, 3.05) is 0 Å². The molecule has 1 saturated carbocycles. The summed E-state index contributed by atoms with van der Waals surface area (Å²) < 4.78 is 0. The number of hydrogen-bond acceptors (Lipinski definition) is 0. The molecule has 0 aliphatic heterocycles. The minimum Gasteiger partial charge on any atom is -0.0732 e. The first-order chi connectivity index (χ1) is 5.83. The van der Waals surface area contributed by atoms with Gasteiger partial charge in [-0.2, -0.15) is 0 Å². The molecular formula is C13H20. The normalized spacial score (nSPS) is 31.6. The molecule has 0 aromatic carbocycles. The zero-order chi connectivity index (χ0) is 9.91. The van der Waals surface area contributed by atoms with E-state index in [2.05, 4.69) is 52.8 Å². The predicted octanol–water partition coefficient (Wildman–Crippen LogP) is 3.95. The lowest BCUT2D eigenvalue weighted by atomic mass is 9.37.